The molecule has 0 fully saturated rings. The predicted octanol–water partition coefficient (Wildman–Crippen LogP) is 2.48. The number of furan rings is 1. The molecule has 2 rings (SSSR count). The molecule has 0 saturated carbocycles. The van der Waals surface area contributed by atoms with Gasteiger partial charge in [0.2, 0.25) is 5.71 Å². The number of nitrogens with one attached hydrogen (secondary N) is 1. The third-order valence-corrected chi connectivity index (χ3v) is 3.46. The Hall–Kier alpha value is -2.11. The number of fused-ring (bicyclic) bond motifs is 1. The van der Waals surface area contributed by atoms with Crippen molar-refractivity contribution in [3.63, 3.8) is 0 Å². The van der Waals surface area contributed by atoms with Gasteiger partial charge in [-0.15, -0.1) is 0 Å². The smallest absolute Gasteiger partial charge is 0.265 e. The van der Waals surface area contributed by atoms with Gasteiger partial charge in [0.1, 0.15) is 17.5 Å². The molecule has 0 aliphatic heterocycles. The van der Waals surface area contributed by atoms with E-state index in [2.05, 4.69) is 17.2 Å². The van der Waals surface area contributed by atoms with Gasteiger partial charge in [-0.25, -0.2) is 4.98 Å². The van der Waals surface area contributed by atoms with Crippen molar-refractivity contribution in [1.29, 1.82) is 0 Å². The fraction of sp³-hybridized carbons (Fsp3) is 0.562. The van der Waals surface area contributed by atoms with Gasteiger partial charge in [0.15, 0.2) is 0 Å². The van der Waals surface area contributed by atoms with Crippen molar-refractivity contribution in [2.75, 3.05) is 6.54 Å². The van der Waals surface area contributed by atoms with E-state index < -0.39 is 0 Å². The summed E-state index contributed by atoms with van der Waals surface area (Å²) in [5.74, 6) is 0.466. The number of unbranched alkanes of at least 4 members (excludes halogenated alkanes) is 1. The van der Waals surface area contributed by atoms with Crippen LogP contribution in [0.3, 0.4) is 0 Å². The highest BCUT2D eigenvalue weighted by molar-refractivity contribution is 6.06. The number of aryl methyl sites for hydroxylation is 1. The first kappa shape index (κ1) is 16.3. The Morgan fingerprint density at radius 1 is 1.45 bits per heavy atom. The third-order valence-electron chi connectivity index (χ3n) is 3.46. The van der Waals surface area contributed by atoms with Crippen LogP contribution in [0.5, 0.6) is 0 Å². The zero-order chi connectivity index (χ0) is 16.3. The zero-order valence-electron chi connectivity index (χ0n) is 13.6. The minimum atomic E-state index is -0.272. The molecular formula is C16H23N3O3. The molecule has 1 N–H and O–H groups in total. The van der Waals surface area contributed by atoms with E-state index in [1.165, 1.54) is 10.9 Å². The molecule has 120 valence electrons. The average Bonchev–Trinajstić information content (AvgIpc) is 2.79. The molecule has 0 aromatic carbocycles. The average molecular weight is 305 g/mol. The van der Waals surface area contributed by atoms with Crippen LogP contribution in [0.25, 0.3) is 11.1 Å². The van der Waals surface area contributed by atoms with Crippen LogP contribution in [-0.2, 0) is 6.54 Å². The van der Waals surface area contributed by atoms with Crippen LogP contribution < -0.4 is 10.9 Å². The Morgan fingerprint density at radius 3 is 2.82 bits per heavy atom. The zero-order valence-corrected chi connectivity index (χ0v) is 13.6. The molecule has 0 radical (unpaired) electrons. The van der Waals surface area contributed by atoms with Gasteiger partial charge >= 0.3 is 0 Å². The largest absolute Gasteiger partial charge is 0.442 e. The number of nitrogens with zero attached hydrogens (tertiary/aromatic N) is 2. The maximum atomic E-state index is 12.6. The molecule has 0 bridgehead atoms. The van der Waals surface area contributed by atoms with E-state index in [9.17, 15) is 9.59 Å². The summed E-state index contributed by atoms with van der Waals surface area (Å²) in [6, 6.07) is 0. The van der Waals surface area contributed by atoms with Crippen molar-refractivity contribution in [3.8, 4) is 0 Å². The highest BCUT2D eigenvalue weighted by atomic mass is 16.3. The van der Waals surface area contributed by atoms with E-state index in [0.717, 1.165) is 12.8 Å². The second kappa shape index (κ2) is 6.77. The van der Waals surface area contributed by atoms with Crippen molar-refractivity contribution in [3.05, 3.63) is 28.0 Å². The summed E-state index contributed by atoms with van der Waals surface area (Å²) in [5, 5.41) is 3.10. The molecule has 2 aromatic rings. The Morgan fingerprint density at radius 2 is 2.18 bits per heavy atom. The predicted molar refractivity (Wildman–Crippen MR) is 85.1 cm³/mol. The molecule has 0 atom stereocenters. The fourth-order valence-corrected chi connectivity index (χ4v) is 2.40. The number of hydrogen-bond donors (Lipinski definition) is 1. The Balaban J connectivity index is 2.47. The Kier molecular flexibility index (Phi) is 5.00. The second-order valence-electron chi connectivity index (χ2n) is 5.92. The summed E-state index contributed by atoms with van der Waals surface area (Å²) in [6.45, 7) is 8.93. The molecule has 1 amide bonds. The molecule has 6 nitrogen and oxygen atoms in total. The van der Waals surface area contributed by atoms with Gasteiger partial charge in [-0.1, -0.05) is 27.2 Å². The van der Waals surface area contributed by atoms with Crippen molar-refractivity contribution in [2.45, 2.75) is 47.1 Å². The number of rotatable bonds is 6. The lowest BCUT2D eigenvalue weighted by molar-refractivity contribution is 0.0953. The number of carbonyl (C=O) groups is 1. The van der Waals surface area contributed by atoms with Gasteiger partial charge in [0, 0.05) is 13.1 Å². The van der Waals surface area contributed by atoms with E-state index in [1.807, 2.05) is 13.8 Å². The van der Waals surface area contributed by atoms with Crippen molar-refractivity contribution in [1.82, 2.24) is 14.9 Å². The highest BCUT2D eigenvalue weighted by Crippen LogP contribution is 2.20. The lowest BCUT2D eigenvalue weighted by Crippen LogP contribution is -2.28. The molecule has 0 unspecified atom stereocenters. The lowest BCUT2D eigenvalue weighted by atomic mass is 10.1. The van der Waals surface area contributed by atoms with Crippen molar-refractivity contribution >= 4 is 17.0 Å². The third kappa shape index (κ3) is 3.21. The van der Waals surface area contributed by atoms with E-state index >= 15 is 0 Å². The molecule has 22 heavy (non-hydrogen) atoms. The normalized spacial score (nSPS) is 11.3. The molecule has 0 spiro atoms. The van der Waals surface area contributed by atoms with Crippen LogP contribution in [0.2, 0.25) is 0 Å². The van der Waals surface area contributed by atoms with Crippen molar-refractivity contribution < 1.29 is 9.21 Å². The van der Waals surface area contributed by atoms with Crippen LogP contribution in [0, 0.1) is 12.8 Å². The first-order valence-corrected chi connectivity index (χ1v) is 7.72. The summed E-state index contributed by atoms with van der Waals surface area (Å²) in [7, 11) is 0. The Labute approximate surface area is 129 Å². The summed E-state index contributed by atoms with van der Waals surface area (Å²) >= 11 is 0. The van der Waals surface area contributed by atoms with Gasteiger partial charge < -0.3 is 9.73 Å². The molecule has 2 aromatic heterocycles. The molecule has 0 aliphatic carbocycles. The van der Waals surface area contributed by atoms with Gasteiger partial charge in [-0.3, -0.25) is 14.2 Å². The monoisotopic (exact) mass is 305 g/mol. The van der Waals surface area contributed by atoms with Gasteiger partial charge in [0.25, 0.3) is 11.5 Å². The summed E-state index contributed by atoms with van der Waals surface area (Å²) < 4.78 is 7.01. The van der Waals surface area contributed by atoms with E-state index in [0.29, 0.717) is 30.3 Å². The van der Waals surface area contributed by atoms with Crippen LogP contribution >= 0.6 is 0 Å². The Bertz CT molecular complexity index is 728. The molecule has 0 saturated heterocycles. The van der Waals surface area contributed by atoms with E-state index in [-0.39, 0.29) is 22.6 Å². The van der Waals surface area contributed by atoms with Gasteiger partial charge in [-0.05, 0) is 19.3 Å². The minimum Gasteiger partial charge on any atom is -0.442 e. The standard InChI is InChI=1S/C16H23N3O3/c1-5-6-7-17-14(20)12-11(4)22-15-13(12)16(21)19(9-18-15)8-10(2)3/h9-10H,5-8H2,1-4H3,(H,17,20). The van der Waals surface area contributed by atoms with Crippen LogP contribution in [0.1, 0.15) is 49.7 Å². The number of aromatic nitrogens is 2. The maximum absolute atomic E-state index is 12.6. The van der Waals surface area contributed by atoms with Crippen LogP contribution in [0.4, 0.5) is 0 Å². The van der Waals surface area contributed by atoms with Crippen LogP contribution in [0.15, 0.2) is 15.5 Å². The summed E-state index contributed by atoms with van der Waals surface area (Å²) in [6.07, 6.45) is 3.37. The molecule has 0 aliphatic rings. The first-order valence-electron chi connectivity index (χ1n) is 7.72. The minimum absolute atomic E-state index is 0.225. The first-order chi connectivity index (χ1) is 10.5. The summed E-state index contributed by atoms with van der Waals surface area (Å²) in [4.78, 5) is 29.1. The van der Waals surface area contributed by atoms with E-state index in [4.69, 9.17) is 4.42 Å². The van der Waals surface area contributed by atoms with E-state index in [1.54, 1.807) is 6.92 Å². The quantitative estimate of drug-likeness (QED) is 0.832. The number of amides is 1. The van der Waals surface area contributed by atoms with Gasteiger partial charge in [-0.2, -0.15) is 0 Å². The second-order valence-corrected chi connectivity index (χ2v) is 5.92. The molecule has 6 heteroatoms. The number of carbonyl (C=O) groups excluding carboxylic acids is 1. The number of hydrogen-bond acceptors (Lipinski definition) is 4. The highest BCUT2D eigenvalue weighted by Gasteiger charge is 2.22. The summed E-state index contributed by atoms with van der Waals surface area (Å²) in [5.41, 5.74) is 0.307. The molecular weight excluding hydrogens is 282 g/mol. The van der Waals surface area contributed by atoms with Gasteiger partial charge in [0.05, 0.1) is 5.56 Å². The van der Waals surface area contributed by atoms with Crippen molar-refractivity contribution in [2.24, 2.45) is 5.92 Å². The fourth-order valence-electron chi connectivity index (χ4n) is 2.40. The SMILES string of the molecule is CCCCNC(=O)c1c(C)oc2ncn(CC(C)C)c(=O)c12. The van der Waals surface area contributed by atoms with Crippen LogP contribution in [-0.4, -0.2) is 22.0 Å². The molecule has 2 heterocycles. The maximum Gasteiger partial charge on any atom is 0.265 e. The topological polar surface area (TPSA) is 77.1 Å². The lowest BCUT2D eigenvalue weighted by Gasteiger charge is -2.08.